The van der Waals surface area contributed by atoms with Crippen LogP contribution in [0, 0.1) is 0 Å². The van der Waals surface area contributed by atoms with Gasteiger partial charge >= 0.3 is 0 Å². The summed E-state index contributed by atoms with van der Waals surface area (Å²) in [5.41, 5.74) is 5.15. The molecule has 4 nitrogen and oxygen atoms in total. The van der Waals surface area contributed by atoms with Crippen LogP contribution in [0.4, 0.5) is 0 Å². The number of hydrogen-bond donors (Lipinski definition) is 2. The van der Waals surface area contributed by atoms with E-state index in [0.29, 0.717) is 6.54 Å². The fourth-order valence-electron chi connectivity index (χ4n) is 1.29. The van der Waals surface area contributed by atoms with E-state index >= 15 is 0 Å². The van der Waals surface area contributed by atoms with Crippen molar-refractivity contribution < 1.29 is 9.21 Å². The topological polar surface area (TPSA) is 68.3 Å². The molecule has 0 radical (unpaired) electrons. The molecule has 1 fully saturated rings. The Bertz CT molecular complexity index is 315. The summed E-state index contributed by atoms with van der Waals surface area (Å²) in [7, 11) is 0. The number of amides is 1. The molecule has 1 aromatic heterocycles. The van der Waals surface area contributed by atoms with Crippen molar-refractivity contribution in [1.82, 2.24) is 5.32 Å². The van der Waals surface area contributed by atoms with Crippen LogP contribution in [-0.4, -0.2) is 18.0 Å². The van der Waals surface area contributed by atoms with Crippen molar-refractivity contribution in [3.05, 3.63) is 24.2 Å². The largest absolute Gasteiger partial charge is 0.469 e. The van der Waals surface area contributed by atoms with Crippen LogP contribution < -0.4 is 11.1 Å². The van der Waals surface area contributed by atoms with Crippen LogP contribution in [-0.2, 0) is 11.2 Å². The fourth-order valence-corrected chi connectivity index (χ4v) is 1.29. The van der Waals surface area contributed by atoms with Crippen LogP contribution >= 0.6 is 0 Å². The van der Waals surface area contributed by atoms with E-state index in [2.05, 4.69) is 5.32 Å². The monoisotopic (exact) mass is 194 g/mol. The van der Waals surface area contributed by atoms with Crippen LogP contribution in [0.3, 0.4) is 0 Å². The molecule has 0 aliphatic heterocycles. The van der Waals surface area contributed by atoms with Gasteiger partial charge in [-0.15, -0.1) is 0 Å². The SMILES string of the molecule is NC1(C(=O)NCCc2ccco2)CC1. The van der Waals surface area contributed by atoms with Crippen LogP contribution in [0.15, 0.2) is 22.8 Å². The molecule has 0 atom stereocenters. The quantitative estimate of drug-likeness (QED) is 0.730. The average Bonchev–Trinajstić information content (AvgIpc) is 2.73. The summed E-state index contributed by atoms with van der Waals surface area (Å²) in [4.78, 5) is 11.4. The van der Waals surface area contributed by atoms with E-state index in [1.54, 1.807) is 6.26 Å². The van der Waals surface area contributed by atoms with Crippen molar-refractivity contribution in [3.63, 3.8) is 0 Å². The molecular weight excluding hydrogens is 180 g/mol. The molecule has 1 aliphatic rings. The number of carbonyl (C=O) groups is 1. The number of nitrogens with two attached hydrogens (primary N) is 1. The molecule has 0 unspecified atom stereocenters. The Morgan fingerprint density at radius 1 is 1.64 bits per heavy atom. The molecular formula is C10H14N2O2. The molecule has 0 aromatic carbocycles. The lowest BCUT2D eigenvalue weighted by atomic mass is 10.2. The van der Waals surface area contributed by atoms with Gasteiger partial charge in [0.2, 0.25) is 5.91 Å². The molecule has 2 rings (SSSR count). The van der Waals surface area contributed by atoms with Gasteiger partial charge in [-0.05, 0) is 25.0 Å². The lowest BCUT2D eigenvalue weighted by Gasteiger charge is -2.08. The van der Waals surface area contributed by atoms with Crippen molar-refractivity contribution in [1.29, 1.82) is 0 Å². The predicted octanol–water partition coefficient (Wildman–Crippen LogP) is 0.430. The van der Waals surface area contributed by atoms with Gasteiger partial charge in [-0.2, -0.15) is 0 Å². The Morgan fingerprint density at radius 2 is 2.43 bits per heavy atom. The number of carbonyl (C=O) groups excluding carboxylic acids is 1. The third-order valence-electron chi connectivity index (χ3n) is 2.48. The second-order valence-corrected chi connectivity index (χ2v) is 3.74. The molecule has 0 bridgehead atoms. The first kappa shape index (κ1) is 9.27. The summed E-state index contributed by atoms with van der Waals surface area (Å²) in [6, 6.07) is 3.73. The third-order valence-corrected chi connectivity index (χ3v) is 2.48. The van der Waals surface area contributed by atoms with E-state index in [1.165, 1.54) is 0 Å². The van der Waals surface area contributed by atoms with Gasteiger partial charge in [-0.1, -0.05) is 0 Å². The van der Waals surface area contributed by atoms with Gasteiger partial charge in [-0.25, -0.2) is 0 Å². The van der Waals surface area contributed by atoms with Gasteiger partial charge in [-0.3, -0.25) is 4.79 Å². The second kappa shape index (κ2) is 3.46. The van der Waals surface area contributed by atoms with E-state index in [0.717, 1.165) is 25.0 Å². The minimum absolute atomic E-state index is 0.0379. The lowest BCUT2D eigenvalue weighted by molar-refractivity contribution is -0.123. The second-order valence-electron chi connectivity index (χ2n) is 3.74. The Morgan fingerprint density at radius 3 is 3.00 bits per heavy atom. The number of furan rings is 1. The van der Waals surface area contributed by atoms with Crippen molar-refractivity contribution in [2.24, 2.45) is 5.73 Å². The molecule has 1 aromatic rings. The van der Waals surface area contributed by atoms with E-state index in [4.69, 9.17) is 10.2 Å². The van der Waals surface area contributed by atoms with Gasteiger partial charge in [0, 0.05) is 13.0 Å². The normalized spacial score (nSPS) is 17.8. The summed E-state index contributed by atoms with van der Waals surface area (Å²) in [6.07, 6.45) is 3.95. The predicted molar refractivity (Wildman–Crippen MR) is 51.6 cm³/mol. The van der Waals surface area contributed by atoms with E-state index in [9.17, 15) is 4.79 Å². The Hall–Kier alpha value is -1.29. The average molecular weight is 194 g/mol. The zero-order chi connectivity index (χ0) is 10.0. The van der Waals surface area contributed by atoms with Gasteiger partial charge in [0.1, 0.15) is 5.76 Å². The molecule has 1 aliphatic carbocycles. The molecule has 1 saturated carbocycles. The molecule has 0 saturated heterocycles. The molecule has 76 valence electrons. The maximum atomic E-state index is 11.4. The summed E-state index contributed by atoms with van der Waals surface area (Å²) in [5, 5.41) is 2.80. The first-order valence-electron chi connectivity index (χ1n) is 4.80. The smallest absolute Gasteiger partial charge is 0.240 e. The molecule has 1 amide bonds. The molecule has 0 spiro atoms. The Labute approximate surface area is 82.5 Å². The van der Waals surface area contributed by atoms with Crippen LogP contribution in [0.25, 0.3) is 0 Å². The number of rotatable bonds is 4. The summed E-state index contributed by atoms with van der Waals surface area (Å²) in [6.45, 7) is 0.589. The van der Waals surface area contributed by atoms with Gasteiger partial charge < -0.3 is 15.5 Å². The van der Waals surface area contributed by atoms with E-state index in [-0.39, 0.29) is 5.91 Å². The molecule has 3 N–H and O–H groups in total. The first-order valence-corrected chi connectivity index (χ1v) is 4.80. The maximum absolute atomic E-state index is 11.4. The summed E-state index contributed by atoms with van der Waals surface area (Å²) < 4.78 is 5.13. The zero-order valence-electron chi connectivity index (χ0n) is 7.95. The molecule has 4 heteroatoms. The standard InChI is InChI=1S/C10H14N2O2/c11-10(4-5-10)9(13)12-6-3-8-2-1-7-14-8/h1-2,7H,3-6,11H2,(H,12,13). The lowest BCUT2D eigenvalue weighted by Crippen LogP contribution is -2.43. The van der Waals surface area contributed by atoms with Gasteiger partial charge in [0.05, 0.1) is 11.8 Å². The highest BCUT2D eigenvalue weighted by molar-refractivity contribution is 5.88. The van der Waals surface area contributed by atoms with Crippen LogP contribution in [0.2, 0.25) is 0 Å². The van der Waals surface area contributed by atoms with Crippen LogP contribution in [0.5, 0.6) is 0 Å². The van der Waals surface area contributed by atoms with Crippen molar-refractivity contribution in [2.75, 3.05) is 6.54 Å². The summed E-state index contributed by atoms with van der Waals surface area (Å²) in [5.74, 6) is 0.844. The zero-order valence-corrected chi connectivity index (χ0v) is 7.95. The molecule has 1 heterocycles. The van der Waals surface area contributed by atoms with Crippen molar-refractivity contribution >= 4 is 5.91 Å². The Balaban J connectivity index is 1.71. The highest BCUT2D eigenvalue weighted by Crippen LogP contribution is 2.31. The minimum atomic E-state index is -0.566. The first-order chi connectivity index (χ1) is 6.71. The fraction of sp³-hybridized carbons (Fsp3) is 0.500. The van der Waals surface area contributed by atoms with E-state index < -0.39 is 5.54 Å². The highest BCUT2D eigenvalue weighted by atomic mass is 16.3. The van der Waals surface area contributed by atoms with Crippen molar-refractivity contribution in [3.8, 4) is 0 Å². The van der Waals surface area contributed by atoms with Gasteiger partial charge in [0.25, 0.3) is 0 Å². The van der Waals surface area contributed by atoms with Crippen LogP contribution in [0.1, 0.15) is 18.6 Å². The van der Waals surface area contributed by atoms with Crippen molar-refractivity contribution in [2.45, 2.75) is 24.8 Å². The maximum Gasteiger partial charge on any atom is 0.240 e. The minimum Gasteiger partial charge on any atom is -0.469 e. The molecule has 14 heavy (non-hydrogen) atoms. The van der Waals surface area contributed by atoms with Gasteiger partial charge in [0.15, 0.2) is 0 Å². The number of hydrogen-bond acceptors (Lipinski definition) is 3. The Kier molecular flexibility index (Phi) is 2.29. The number of nitrogens with one attached hydrogen (secondary N) is 1. The third kappa shape index (κ3) is 1.96. The van der Waals surface area contributed by atoms with E-state index in [1.807, 2.05) is 12.1 Å². The summed E-state index contributed by atoms with van der Waals surface area (Å²) >= 11 is 0. The highest BCUT2D eigenvalue weighted by Gasteiger charge is 2.45.